The lowest BCUT2D eigenvalue weighted by Gasteiger charge is -2.04. The molecule has 0 bridgehead atoms. The highest BCUT2D eigenvalue weighted by atomic mass is 32.2. The fourth-order valence-corrected chi connectivity index (χ4v) is 3.15. The van der Waals surface area contributed by atoms with Crippen molar-refractivity contribution in [2.75, 3.05) is 19.4 Å². The Morgan fingerprint density at radius 1 is 1.31 bits per heavy atom. The molecule has 0 saturated carbocycles. The molecular formula is C17H20N6O2S. The molecule has 136 valence electrons. The van der Waals surface area contributed by atoms with E-state index < -0.39 is 0 Å². The van der Waals surface area contributed by atoms with Crippen LogP contribution in [0.4, 0.5) is 0 Å². The van der Waals surface area contributed by atoms with Gasteiger partial charge in [-0.1, -0.05) is 23.9 Å². The first-order valence-corrected chi connectivity index (χ1v) is 9.00. The molecule has 0 fully saturated rings. The Kier molecular flexibility index (Phi) is 5.57. The zero-order valence-corrected chi connectivity index (χ0v) is 15.7. The molecule has 9 heteroatoms. The van der Waals surface area contributed by atoms with Gasteiger partial charge in [-0.25, -0.2) is 0 Å². The van der Waals surface area contributed by atoms with Gasteiger partial charge in [0.15, 0.2) is 5.16 Å². The van der Waals surface area contributed by atoms with Gasteiger partial charge in [0.1, 0.15) is 17.8 Å². The molecule has 0 radical (unpaired) electrons. The summed E-state index contributed by atoms with van der Waals surface area (Å²) in [6, 6.07) is 9.37. The maximum atomic E-state index is 12.4. The lowest BCUT2D eigenvalue weighted by Crippen LogP contribution is -2.27. The molecule has 26 heavy (non-hydrogen) atoms. The molecule has 8 nitrogen and oxygen atoms in total. The SMILES string of the molecule is COc1cccc(-c2cc(C(=O)NCCSc3nncn3C)n(C)n2)c1. The molecule has 1 aromatic carbocycles. The van der Waals surface area contributed by atoms with E-state index >= 15 is 0 Å². The summed E-state index contributed by atoms with van der Waals surface area (Å²) in [4.78, 5) is 12.4. The summed E-state index contributed by atoms with van der Waals surface area (Å²) >= 11 is 1.54. The van der Waals surface area contributed by atoms with Gasteiger partial charge in [0, 0.05) is 32.0 Å². The van der Waals surface area contributed by atoms with E-state index in [9.17, 15) is 4.79 Å². The van der Waals surface area contributed by atoms with Crippen LogP contribution in [0.15, 0.2) is 41.8 Å². The van der Waals surface area contributed by atoms with E-state index in [0.29, 0.717) is 18.0 Å². The van der Waals surface area contributed by atoms with Crippen LogP contribution in [-0.4, -0.2) is 49.9 Å². The van der Waals surface area contributed by atoms with Gasteiger partial charge in [-0.15, -0.1) is 10.2 Å². The van der Waals surface area contributed by atoms with Crippen molar-refractivity contribution in [2.24, 2.45) is 14.1 Å². The number of thioether (sulfide) groups is 1. The average Bonchev–Trinajstić information content (AvgIpc) is 3.24. The zero-order chi connectivity index (χ0) is 18.5. The summed E-state index contributed by atoms with van der Waals surface area (Å²) in [5.74, 6) is 1.30. The second kappa shape index (κ2) is 8.05. The maximum absolute atomic E-state index is 12.4. The lowest BCUT2D eigenvalue weighted by atomic mass is 10.1. The van der Waals surface area contributed by atoms with E-state index in [1.54, 1.807) is 31.2 Å². The number of hydrogen-bond donors (Lipinski definition) is 1. The minimum absolute atomic E-state index is 0.160. The summed E-state index contributed by atoms with van der Waals surface area (Å²) in [6.07, 6.45) is 1.65. The van der Waals surface area contributed by atoms with Crippen LogP contribution in [0.2, 0.25) is 0 Å². The van der Waals surface area contributed by atoms with Gasteiger partial charge < -0.3 is 14.6 Å². The third kappa shape index (κ3) is 4.05. The van der Waals surface area contributed by atoms with Crippen LogP contribution in [0.3, 0.4) is 0 Å². The van der Waals surface area contributed by atoms with Crippen LogP contribution in [0, 0.1) is 0 Å². The fourth-order valence-electron chi connectivity index (χ4n) is 2.40. The normalized spacial score (nSPS) is 10.7. The van der Waals surface area contributed by atoms with Crippen LogP contribution in [0.5, 0.6) is 5.75 Å². The molecular weight excluding hydrogens is 352 g/mol. The van der Waals surface area contributed by atoms with Crippen LogP contribution in [0.1, 0.15) is 10.5 Å². The van der Waals surface area contributed by atoms with Crippen molar-refractivity contribution in [2.45, 2.75) is 5.16 Å². The summed E-state index contributed by atoms with van der Waals surface area (Å²) in [6.45, 7) is 0.524. The Morgan fingerprint density at radius 3 is 2.88 bits per heavy atom. The Balaban J connectivity index is 1.61. The van der Waals surface area contributed by atoms with Crippen molar-refractivity contribution in [1.29, 1.82) is 0 Å². The smallest absolute Gasteiger partial charge is 0.269 e. The minimum atomic E-state index is -0.160. The first kappa shape index (κ1) is 18.0. The first-order chi connectivity index (χ1) is 12.6. The molecule has 1 amide bonds. The van der Waals surface area contributed by atoms with Crippen molar-refractivity contribution in [1.82, 2.24) is 29.9 Å². The van der Waals surface area contributed by atoms with Gasteiger partial charge in [0.25, 0.3) is 5.91 Å². The van der Waals surface area contributed by atoms with Gasteiger partial charge in [-0.3, -0.25) is 9.48 Å². The number of hydrogen-bond acceptors (Lipinski definition) is 6. The molecule has 0 aliphatic carbocycles. The van der Waals surface area contributed by atoms with Crippen LogP contribution >= 0.6 is 11.8 Å². The standard InChI is InChI=1S/C17H20N6O2S/c1-22-11-19-20-17(22)26-8-7-18-16(24)15-10-14(21-23(15)2)12-5-4-6-13(9-12)25-3/h4-6,9-11H,7-8H2,1-3H3,(H,18,24). The molecule has 2 aromatic heterocycles. The maximum Gasteiger partial charge on any atom is 0.269 e. The van der Waals surface area contributed by atoms with E-state index in [2.05, 4.69) is 20.6 Å². The second-order valence-electron chi connectivity index (χ2n) is 5.60. The molecule has 0 unspecified atom stereocenters. The summed E-state index contributed by atoms with van der Waals surface area (Å²) in [5, 5.41) is 16.0. The summed E-state index contributed by atoms with van der Waals surface area (Å²) in [7, 11) is 5.26. The van der Waals surface area contributed by atoms with Crippen LogP contribution < -0.4 is 10.1 Å². The first-order valence-electron chi connectivity index (χ1n) is 8.02. The highest BCUT2D eigenvalue weighted by Gasteiger charge is 2.14. The largest absolute Gasteiger partial charge is 0.497 e. The number of carbonyl (C=O) groups excluding carboxylic acids is 1. The van der Waals surface area contributed by atoms with Crippen LogP contribution in [0.25, 0.3) is 11.3 Å². The number of methoxy groups -OCH3 is 1. The summed E-state index contributed by atoms with van der Waals surface area (Å²) < 4.78 is 8.66. The Morgan fingerprint density at radius 2 is 2.15 bits per heavy atom. The van der Waals surface area contributed by atoms with Gasteiger partial charge in [-0.2, -0.15) is 5.10 Å². The molecule has 0 aliphatic heterocycles. The monoisotopic (exact) mass is 372 g/mol. The number of amides is 1. The second-order valence-corrected chi connectivity index (χ2v) is 6.66. The van der Waals surface area contributed by atoms with E-state index in [1.165, 1.54) is 11.8 Å². The Labute approximate surface area is 155 Å². The molecule has 3 rings (SSSR count). The third-order valence-corrected chi connectivity index (χ3v) is 4.80. The third-order valence-electron chi connectivity index (χ3n) is 3.77. The van der Waals surface area contributed by atoms with Crippen molar-refractivity contribution in [3.8, 4) is 17.0 Å². The fraction of sp³-hybridized carbons (Fsp3) is 0.294. The van der Waals surface area contributed by atoms with Gasteiger partial charge >= 0.3 is 0 Å². The highest BCUT2D eigenvalue weighted by molar-refractivity contribution is 7.99. The van der Waals surface area contributed by atoms with E-state index in [4.69, 9.17) is 4.74 Å². The molecule has 1 N–H and O–H groups in total. The zero-order valence-electron chi connectivity index (χ0n) is 14.8. The van der Waals surface area contributed by atoms with Crippen molar-refractivity contribution in [3.63, 3.8) is 0 Å². The van der Waals surface area contributed by atoms with Gasteiger partial charge in [0.05, 0.1) is 12.8 Å². The van der Waals surface area contributed by atoms with E-state index in [0.717, 1.165) is 22.2 Å². The van der Waals surface area contributed by atoms with Crippen LogP contribution in [-0.2, 0) is 14.1 Å². The predicted octanol–water partition coefficient (Wildman–Crippen LogP) is 1.75. The van der Waals surface area contributed by atoms with Gasteiger partial charge in [0.2, 0.25) is 0 Å². The van der Waals surface area contributed by atoms with Gasteiger partial charge in [-0.05, 0) is 18.2 Å². The van der Waals surface area contributed by atoms with Crippen molar-refractivity contribution >= 4 is 17.7 Å². The molecule has 0 atom stereocenters. The summed E-state index contributed by atoms with van der Waals surface area (Å²) in [5.41, 5.74) is 2.13. The number of nitrogens with one attached hydrogen (secondary N) is 1. The quantitative estimate of drug-likeness (QED) is 0.502. The Hall–Kier alpha value is -2.81. The topological polar surface area (TPSA) is 86.9 Å². The van der Waals surface area contributed by atoms with E-state index in [-0.39, 0.29) is 5.91 Å². The van der Waals surface area contributed by atoms with Crippen molar-refractivity contribution < 1.29 is 9.53 Å². The molecule has 3 aromatic rings. The predicted molar refractivity (Wildman–Crippen MR) is 99.3 cm³/mol. The molecule has 0 aliphatic rings. The molecule has 2 heterocycles. The highest BCUT2D eigenvalue weighted by Crippen LogP contribution is 2.23. The number of nitrogens with zero attached hydrogens (tertiary/aromatic N) is 5. The Bertz CT molecular complexity index is 904. The number of ether oxygens (including phenoxy) is 1. The minimum Gasteiger partial charge on any atom is -0.497 e. The molecule has 0 saturated heterocycles. The lowest BCUT2D eigenvalue weighted by molar-refractivity contribution is 0.0947. The number of aromatic nitrogens is 5. The number of carbonyl (C=O) groups is 1. The molecule has 0 spiro atoms. The number of rotatable bonds is 7. The average molecular weight is 372 g/mol. The number of aryl methyl sites for hydroxylation is 2. The number of benzene rings is 1. The van der Waals surface area contributed by atoms with Crippen molar-refractivity contribution in [3.05, 3.63) is 42.4 Å². The van der Waals surface area contributed by atoms with E-state index in [1.807, 2.05) is 35.9 Å².